The molecular weight excluding hydrogens is 216 g/mol. The van der Waals surface area contributed by atoms with Crippen LogP contribution in [-0.2, 0) is 0 Å². The van der Waals surface area contributed by atoms with Crippen molar-refractivity contribution in [2.45, 2.75) is 32.4 Å². The second kappa shape index (κ2) is 5.55. The molecule has 1 aromatic rings. The van der Waals surface area contributed by atoms with E-state index >= 15 is 0 Å². The van der Waals surface area contributed by atoms with Crippen LogP contribution < -0.4 is 4.90 Å². The number of phenolic OH excluding ortho intramolecular Hbond substituents is 1. The van der Waals surface area contributed by atoms with Crippen molar-refractivity contribution in [2.24, 2.45) is 0 Å². The monoisotopic (exact) mass is 234 g/mol. The lowest BCUT2D eigenvalue weighted by atomic mass is 10.1. The van der Waals surface area contributed by atoms with Gasteiger partial charge in [-0.05, 0) is 19.9 Å². The van der Waals surface area contributed by atoms with Gasteiger partial charge in [0, 0.05) is 30.4 Å². The quantitative estimate of drug-likeness (QED) is 0.838. The van der Waals surface area contributed by atoms with E-state index in [-0.39, 0.29) is 11.8 Å². The number of benzene rings is 1. The Morgan fingerprint density at radius 1 is 1.41 bits per heavy atom. The molecule has 2 atom stereocenters. The first-order valence-corrected chi connectivity index (χ1v) is 5.58. The summed E-state index contributed by atoms with van der Waals surface area (Å²) in [5.41, 5.74) is 1.34. The number of phenols is 1. The van der Waals surface area contributed by atoms with Crippen molar-refractivity contribution < 1.29 is 10.2 Å². The van der Waals surface area contributed by atoms with Gasteiger partial charge >= 0.3 is 0 Å². The molecule has 2 N–H and O–H groups in total. The van der Waals surface area contributed by atoms with E-state index in [4.69, 9.17) is 5.26 Å². The first-order chi connectivity index (χ1) is 7.97. The lowest BCUT2D eigenvalue weighted by Gasteiger charge is -2.25. The lowest BCUT2D eigenvalue weighted by Crippen LogP contribution is -2.28. The fourth-order valence-corrected chi connectivity index (χ4v) is 1.63. The maximum Gasteiger partial charge on any atom is 0.123 e. The van der Waals surface area contributed by atoms with Crippen LogP contribution in [0.2, 0.25) is 0 Å². The molecule has 4 heteroatoms. The Morgan fingerprint density at radius 2 is 2.06 bits per heavy atom. The summed E-state index contributed by atoms with van der Waals surface area (Å²) in [6.45, 7) is 3.56. The molecule has 17 heavy (non-hydrogen) atoms. The molecule has 0 heterocycles. The van der Waals surface area contributed by atoms with E-state index in [1.54, 1.807) is 19.1 Å². The van der Waals surface area contributed by atoms with Crippen molar-refractivity contribution >= 4 is 5.69 Å². The molecule has 0 spiro atoms. The largest absolute Gasteiger partial charge is 0.507 e. The molecular formula is C13H18N2O2. The minimum absolute atomic E-state index is 0.0773. The third-order valence-electron chi connectivity index (χ3n) is 2.92. The number of nitrogens with zero attached hydrogens (tertiary/aromatic N) is 2. The summed E-state index contributed by atoms with van der Waals surface area (Å²) >= 11 is 0. The minimum Gasteiger partial charge on any atom is -0.507 e. The molecule has 0 saturated carbocycles. The first-order valence-electron chi connectivity index (χ1n) is 5.58. The van der Waals surface area contributed by atoms with Crippen LogP contribution in [0.25, 0.3) is 0 Å². The van der Waals surface area contributed by atoms with E-state index in [0.717, 1.165) is 5.69 Å². The predicted octanol–water partition coefficient (Wildman–Crippen LogP) is 2.18. The molecule has 2 unspecified atom stereocenters. The predicted molar refractivity (Wildman–Crippen MR) is 66.8 cm³/mol. The molecule has 0 radical (unpaired) electrons. The highest BCUT2D eigenvalue weighted by atomic mass is 16.3. The topological polar surface area (TPSA) is 67.5 Å². The number of aliphatic hydroxyl groups excluding tert-OH is 1. The maximum absolute atomic E-state index is 9.77. The zero-order valence-corrected chi connectivity index (χ0v) is 10.4. The zero-order chi connectivity index (χ0) is 13.0. The van der Waals surface area contributed by atoms with Crippen molar-refractivity contribution in [3.63, 3.8) is 0 Å². The van der Waals surface area contributed by atoms with Crippen molar-refractivity contribution in [3.05, 3.63) is 23.8 Å². The van der Waals surface area contributed by atoms with E-state index < -0.39 is 6.10 Å². The smallest absolute Gasteiger partial charge is 0.123 e. The highest BCUT2D eigenvalue weighted by Crippen LogP contribution is 2.29. The van der Waals surface area contributed by atoms with Crippen molar-refractivity contribution in [3.8, 4) is 11.8 Å². The standard InChI is InChI=1S/C13H18N2O2/c1-9(6-7-14)15(3)11-4-5-12(10(2)16)13(17)8-11/h4-5,8-10,16-17H,6H2,1-3H3. The molecule has 0 aliphatic heterocycles. The lowest BCUT2D eigenvalue weighted by molar-refractivity contribution is 0.195. The van der Waals surface area contributed by atoms with Crippen molar-refractivity contribution in [1.29, 1.82) is 5.26 Å². The SMILES string of the molecule is CC(O)c1ccc(N(C)C(C)CC#N)cc1O. The van der Waals surface area contributed by atoms with Gasteiger partial charge in [0.25, 0.3) is 0 Å². The average Bonchev–Trinajstić information content (AvgIpc) is 2.27. The molecule has 1 aromatic carbocycles. The summed E-state index contributed by atoms with van der Waals surface area (Å²) in [6.07, 6.45) is -0.263. The van der Waals surface area contributed by atoms with Gasteiger partial charge in [0.2, 0.25) is 0 Å². The summed E-state index contributed by atoms with van der Waals surface area (Å²) in [5, 5.41) is 27.8. The summed E-state index contributed by atoms with van der Waals surface area (Å²) in [6, 6.07) is 7.33. The van der Waals surface area contributed by atoms with Crippen LogP contribution in [0.15, 0.2) is 18.2 Å². The summed E-state index contributed by atoms with van der Waals surface area (Å²) in [5.74, 6) is 0.0773. The van der Waals surface area contributed by atoms with E-state index in [2.05, 4.69) is 6.07 Å². The number of aromatic hydroxyl groups is 1. The molecule has 0 amide bonds. The Morgan fingerprint density at radius 3 is 2.53 bits per heavy atom. The first kappa shape index (κ1) is 13.3. The van der Waals surface area contributed by atoms with E-state index in [1.165, 1.54) is 0 Å². The van der Waals surface area contributed by atoms with Gasteiger partial charge in [-0.15, -0.1) is 0 Å². The Kier molecular flexibility index (Phi) is 4.36. The number of anilines is 1. The number of hydrogen-bond donors (Lipinski definition) is 2. The number of aliphatic hydroxyl groups is 1. The van der Waals surface area contributed by atoms with Gasteiger partial charge in [0.15, 0.2) is 0 Å². The Balaban J connectivity index is 2.94. The second-order valence-electron chi connectivity index (χ2n) is 4.24. The van der Waals surface area contributed by atoms with E-state index in [1.807, 2.05) is 24.9 Å². The normalized spacial score (nSPS) is 13.8. The highest BCUT2D eigenvalue weighted by molar-refractivity contribution is 5.54. The number of nitriles is 1. The van der Waals surface area contributed by atoms with Crippen molar-refractivity contribution in [2.75, 3.05) is 11.9 Å². The molecule has 0 fully saturated rings. The zero-order valence-electron chi connectivity index (χ0n) is 10.4. The summed E-state index contributed by atoms with van der Waals surface area (Å²) in [7, 11) is 1.87. The Hall–Kier alpha value is -1.73. The summed E-state index contributed by atoms with van der Waals surface area (Å²) < 4.78 is 0. The Bertz CT molecular complexity index is 424. The van der Waals surface area contributed by atoms with Crippen LogP contribution in [-0.4, -0.2) is 23.3 Å². The average molecular weight is 234 g/mol. The molecule has 0 bridgehead atoms. The van der Waals surface area contributed by atoms with Crippen molar-refractivity contribution in [1.82, 2.24) is 0 Å². The van der Waals surface area contributed by atoms with Gasteiger partial charge in [-0.2, -0.15) is 5.26 Å². The fraction of sp³-hybridized carbons (Fsp3) is 0.462. The van der Waals surface area contributed by atoms with Crippen LogP contribution in [0.1, 0.15) is 31.9 Å². The van der Waals surface area contributed by atoms with E-state index in [9.17, 15) is 10.2 Å². The second-order valence-corrected chi connectivity index (χ2v) is 4.24. The van der Waals surface area contributed by atoms with Crippen LogP contribution in [0.4, 0.5) is 5.69 Å². The van der Waals surface area contributed by atoms with Gasteiger partial charge in [-0.3, -0.25) is 0 Å². The van der Waals surface area contributed by atoms with Gasteiger partial charge in [-0.25, -0.2) is 0 Å². The fourth-order valence-electron chi connectivity index (χ4n) is 1.63. The third kappa shape index (κ3) is 3.11. The van der Waals surface area contributed by atoms with Crippen LogP contribution in [0.3, 0.4) is 0 Å². The molecule has 92 valence electrons. The molecule has 0 aliphatic rings. The van der Waals surface area contributed by atoms with Gasteiger partial charge in [0.1, 0.15) is 5.75 Å². The van der Waals surface area contributed by atoms with Crippen LogP contribution >= 0.6 is 0 Å². The van der Waals surface area contributed by atoms with Gasteiger partial charge in [-0.1, -0.05) is 6.07 Å². The molecule has 1 rings (SSSR count). The minimum atomic E-state index is -0.689. The molecule has 0 aromatic heterocycles. The molecule has 0 aliphatic carbocycles. The molecule has 4 nitrogen and oxygen atoms in total. The van der Waals surface area contributed by atoms with Gasteiger partial charge < -0.3 is 15.1 Å². The van der Waals surface area contributed by atoms with E-state index in [0.29, 0.717) is 12.0 Å². The van der Waals surface area contributed by atoms with Gasteiger partial charge in [0.05, 0.1) is 18.6 Å². The third-order valence-corrected chi connectivity index (χ3v) is 2.92. The van der Waals surface area contributed by atoms with Crippen LogP contribution in [0.5, 0.6) is 5.75 Å². The summed E-state index contributed by atoms with van der Waals surface area (Å²) in [4.78, 5) is 1.93. The number of rotatable bonds is 4. The van der Waals surface area contributed by atoms with Crippen LogP contribution in [0, 0.1) is 11.3 Å². The Labute approximate surface area is 102 Å². The molecule has 0 saturated heterocycles. The highest BCUT2D eigenvalue weighted by Gasteiger charge is 2.13. The number of hydrogen-bond acceptors (Lipinski definition) is 4. The maximum atomic E-state index is 9.77.